The zero-order chi connectivity index (χ0) is 23.9. The molecular formula is C30H20O4P2. The standard InChI is InChI=1S/C30H20O4P2/c1-5-16-27-23(12-1)25-14-3-7-18-29(25)35(33-27)31-21-10-9-11-22(20-21)32-36-30-19-8-4-15-26(30)24-13-2-6-17-28(24)34-36/h1-20H. The highest BCUT2D eigenvalue weighted by Crippen LogP contribution is 2.51. The van der Waals surface area contributed by atoms with Crippen LogP contribution in [0.2, 0.25) is 0 Å². The van der Waals surface area contributed by atoms with E-state index in [9.17, 15) is 0 Å². The molecule has 0 saturated carbocycles. The average molecular weight is 506 g/mol. The summed E-state index contributed by atoms with van der Waals surface area (Å²) in [5.74, 6) is 3.05. The Morgan fingerprint density at radius 3 is 1.33 bits per heavy atom. The van der Waals surface area contributed by atoms with E-state index in [0.29, 0.717) is 11.5 Å². The molecule has 0 bridgehead atoms. The van der Waals surface area contributed by atoms with Crippen molar-refractivity contribution in [2.24, 2.45) is 0 Å². The van der Waals surface area contributed by atoms with Crippen molar-refractivity contribution in [1.82, 2.24) is 0 Å². The van der Waals surface area contributed by atoms with Crippen LogP contribution in [0.5, 0.6) is 23.0 Å². The molecule has 0 aliphatic carbocycles. The quantitative estimate of drug-likeness (QED) is 0.233. The van der Waals surface area contributed by atoms with Gasteiger partial charge in [0.1, 0.15) is 23.0 Å². The normalized spacial score (nSPS) is 16.8. The van der Waals surface area contributed by atoms with Gasteiger partial charge in [0, 0.05) is 17.2 Å². The maximum atomic E-state index is 6.42. The van der Waals surface area contributed by atoms with Gasteiger partial charge in [0.25, 0.3) is 0 Å². The average Bonchev–Trinajstić information content (AvgIpc) is 2.94. The predicted molar refractivity (Wildman–Crippen MR) is 146 cm³/mol. The summed E-state index contributed by atoms with van der Waals surface area (Å²) in [5, 5.41) is 2.12. The summed E-state index contributed by atoms with van der Waals surface area (Å²) in [6.45, 7) is 0. The Hall–Kier alpha value is -3.84. The van der Waals surface area contributed by atoms with Gasteiger partial charge in [-0.3, -0.25) is 0 Å². The van der Waals surface area contributed by atoms with Crippen LogP contribution in [-0.4, -0.2) is 0 Å². The third-order valence-corrected chi connectivity index (χ3v) is 9.15. The molecular weight excluding hydrogens is 486 g/mol. The van der Waals surface area contributed by atoms with Crippen LogP contribution >= 0.6 is 16.8 Å². The lowest BCUT2D eigenvalue weighted by Crippen LogP contribution is -2.17. The van der Waals surface area contributed by atoms with E-state index in [1.807, 2.05) is 84.9 Å². The van der Waals surface area contributed by atoms with E-state index in [-0.39, 0.29) is 0 Å². The second-order valence-electron chi connectivity index (χ2n) is 8.38. The van der Waals surface area contributed by atoms with Gasteiger partial charge in [0.15, 0.2) is 0 Å². The van der Waals surface area contributed by atoms with Gasteiger partial charge in [-0.05, 0) is 47.5 Å². The Kier molecular flexibility index (Phi) is 5.35. The van der Waals surface area contributed by atoms with E-state index in [1.165, 1.54) is 0 Å². The molecule has 0 N–H and O–H groups in total. The van der Waals surface area contributed by atoms with Crippen molar-refractivity contribution in [3.63, 3.8) is 0 Å². The molecule has 0 fully saturated rings. The second kappa shape index (κ2) is 8.99. The lowest BCUT2D eigenvalue weighted by atomic mass is 10.0. The molecule has 0 spiro atoms. The van der Waals surface area contributed by atoms with Crippen molar-refractivity contribution < 1.29 is 18.1 Å². The summed E-state index contributed by atoms with van der Waals surface area (Å²) >= 11 is 0. The molecule has 0 radical (unpaired) electrons. The number of rotatable bonds is 4. The maximum absolute atomic E-state index is 6.42. The number of hydrogen-bond donors (Lipinski definition) is 0. The molecule has 2 unspecified atom stereocenters. The van der Waals surface area contributed by atoms with Crippen LogP contribution in [0.1, 0.15) is 0 Å². The van der Waals surface area contributed by atoms with E-state index < -0.39 is 16.8 Å². The van der Waals surface area contributed by atoms with Crippen LogP contribution in [0.4, 0.5) is 0 Å². The molecule has 5 aromatic rings. The topological polar surface area (TPSA) is 36.9 Å². The molecule has 2 heterocycles. The minimum absolute atomic E-state index is 0.688. The Morgan fingerprint density at radius 2 is 0.833 bits per heavy atom. The van der Waals surface area contributed by atoms with E-state index in [2.05, 4.69) is 36.4 Å². The summed E-state index contributed by atoms with van der Waals surface area (Å²) < 4.78 is 25.5. The fraction of sp³-hybridized carbons (Fsp3) is 0. The minimum atomic E-state index is -1.34. The Morgan fingerprint density at radius 1 is 0.417 bits per heavy atom. The third-order valence-electron chi connectivity index (χ3n) is 6.10. The molecule has 2 aliphatic heterocycles. The van der Waals surface area contributed by atoms with Crippen LogP contribution < -0.4 is 28.7 Å². The maximum Gasteiger partial charge on any atom is 0.326 e. The molecule has 2 aliphatic rings. The lowest BCUT2D eigenvalue weighted by molar-refractivity contribution is 0.488. The molecule has 2 atom stereocenters. The Balaban J connectivity index is 1.17. The second-order valence-corrected chi connectivity index (χ2v) is 11.1. The largest absolute Gasteiger partial charge is 0.435 e. The van der Waals surface area contributed by atoms with Crippen LogP contribution in [0.15, 0.2) is 121 Å². The van der Waals surface area contributed by atoms with Crippen molar-refractivity contribution in [3.05, 3.63) is 121 Å². The summed E-state index contributed by atoms with van der Waals surface area (Å²) in [7, 11) is -2.68. The van der Waals surface area contributed by atoms with Gasteiger partial charge in [-0.25, -0.2) is 0 Å². The molecule has 0 amide bonds. The molecule has 0 saturated heterocycles. The first kappa shape index (κ1) is 21.4. The number of hydrogen-bond acceptors (Lipinski definition) is 4. The van der Waals surface area contributed by atoms with Gasteiger partial charge >= 0.3 is 16.8 Å². The highest BCUT2D eigenvalue weighted by Gasteiger charge is 2.31. The van der Waals surface area contributed by atoms with Crippen molar-refractivity contribution in [1.29, 1.82) is 0 Å². The van der Waals surface area contributed by atoms with Crippen LogP contribution in [0.3, 0.4) is 0 Å². The van der Waals surface area contributed by atoms with Gasteiger partial charge in [-0.2, -0.15) is 0 Å². The first-order valence-corrected chi connectivity index (χ1v) is 14.0. The summed E-state index contributed by atoms with van der Waals surface area (Å²) in [6, 6.07) is 40.4. The fourth-order valence-electron chi connectivity index (χ4n) is 4.45. The van der Waals surface area contributed by atoms with Crippen molar-refractivity contribution >= 4 is 27.4 Å². The smallest absolute Gasteiger partial charge is 0.326 e. The van der Waals surface area contributed by atoms with Gasteiger partial charge < -0.3 is 18.1 Å². The number of fused-ring (bicyclic) bond motifs is 6. The third kappa shape index (κ3) is 3.80. The lowest BCUT2D eigenvalue weighted by Gasteiger charge is -2.28. The van der Waals surface area contributed by atoms with E-state index >= 15 is 0 Å². The summed E-state index contributed by atoms with van der Waals surface area (Å²) in [6.07, 6.45) is 0. The van der Waals surface area contributed by atoms with Crippen LogP contribution in [0.25, 0.3) is 22.3 Å². The summed E-state index contributed by atoms with van der Waals surface area (Å²) in [4.78, 5) is 0. The molecule has 4 nitrogen and oxygen atoms in total. The zero-order valence-electron chi connectivity index (χ0n) is 19.1. The van der Waals surface area contributed by atoms with Crippen LogP contribution in [-0.2, 0) is 0 Å². The minimum Gasteiger partial charge on any atom is -0.435 e. The first-order valence-electron chi connectivity index (χ1n) is 11.6. The van der Waals surface area contributed by atoms with E-state index in [4.69, 9.17) is 18.1 Å². The van der Waals surface area contributed by atoms with Gasteiger partial charge in [-0.15, -0.1) is 0 Å². The fourth-order valence-corrected chi connectivity index (χ4v) is 7.40. The molecule has 0 aromatic heterocycles. The van der Waals surface area contributed by atoms with Crippen molar-refractivity contribution in [2.45, 2.75) is 0 Å². The molecule has 5 aromatic carbocycles. The number of para-hydroxylation sites is 2. The Bertz CT molecular complexity index is 1470. The number of benzene rings is 5. The molecule has 36 heavy (non-hydrogen) atoms. The zero-order valence-corrected chi connectivity index (χ0v) is 20.9. The predicted octanol–water partition coefficient (Wildman–Crippen LogP) is 7.84. The summed E-state index contributed by atoms with van der Waals surface area (Å²) in [5.41, 5.74) is 4.46. The van der Waals surface area contributed by atoms with Gasteiger partial charge in [-0.1, -0.05) is 78.9 Å². The highest BCUT2D eigenvalue weighted by atomic mass is 31.2. The molecule has 6 heteroatoms. The van der Waals surface area contributed by atoms with E-state index in [1.54, 1.807) is 0 Å². The molecule has 7 rings (SSSR count). The van der Waals surface area contributed by atoms with Crippen molar-refractivity contribution in [2.75, 3.05) is 0 Å². The van der Waals surface area contributed by atoms with Gasteiger partial charge in [0.2, 0.25) is 0 Å². The van der Waals surface area contributed by atoms with E-state index in [0.717, 1.165) is 44.4 Å². The monoisotopic (exact) mass is 506 g/mol. The highest BCUT2D eigenvalue weighted by molar-refractivity contribution is 7.57. The van der Waals surface area contributed by atoms with Gasteiger partial charge in [0.05, 0.1) is 10.6 Å². The SMILES string of the molecule is c1cc(OP2Oc3ccccc3-c3ccccc32)cc(OP2Oc3ccccc3-c3ccccc32)c1. The first-order chi connectivity index (χ1) is 17.8. The van der Waals surface area contributed by atoms with Crippen LogP contribution in [0, 0.1) is 0 Å². The Labute approximate surface area is 211 Å². The molecule has 174 valence electrons. The van der Waals surface area contributed by atoms with Crippen molar-refractivity contribution in [3.8, 4) is 45.3 Å².